The highest BCUT2D eigenvalue weighted by Crippen LogP contribution is 2.40. The van der Waals surface area contributed by atoms with Crippen molar-refractivity contribution in [2.45, 2.75) is 59.5 Å². The minimum Gasteiger partial charge on any atom is -0.469 e. The van der Waals surface area contributed by atoms with Crippen molar-refractivity contribution in [3.63, 3.8) is 0 Å². The largest absolute Gasteiger partial charge is 0.469 e. The molecule has 2 unspecified atom stereocenters. The average Bonchev–Trinajstić information content (AvgIpc) is 3.84. The van der Waals surface area contributed by atoms with E-state index < -0.39 is 18.1 Å². The summed E-state index contributed by atoms with van der Waals surface area (Å²) >= 11 is 15.8. The Labute approximate surface area is 330 Å². The monoisotopic (exact) mass is 794 g/mol. The van der Waals surface area contributed by atoms with Gasteiger partial charge in [-0.3, -0.25) is 23.9 Å². The zero-order valence-corrected chi connectivity index (χ0v) is 33.4. The van der Waals surface area contributed by atoms with Gasteiger partial charge in [0.15, 0.2) is 11.6 Å². The van der Waals surface area contributed by atoms with Crippen molar-refractivity contribution < 1.29 is 14.3 Å². The number of halogens is 2. The number of aryl methyl sites for hydroxylation is 3. The first-order chi connectivity index (χ1) is 25.9. The van der Waals surface area contributed by atoms with Gasteiger partial charge >= 0.3 is 5.97 Å². The number of aromatic nitrogens is 6. The summed E-state index contributed by atoms with van der Waals surface area (Å²) in [7, 11) is 1.52. The van der Waals surface area contributed by atoms with Crippen LogP contribution >= 0.6 is 45.9 Å². The van der Waals surface area contributed by atoms with Gasteiger partial charge in [-0.15, -0.1) is 43.1 Å². The molecule has 2 aliphatic heterocycles. The molecular formula is C38H33BCl2N8O3S2. The second-order valence-electron chi connectivity index (χ2n) is 13.4. The van der Waals surface area contributed by atoms with Crippen molar-refractivity contribution in [2.24, 2.45) is 9.98 Å². The Hall–Kier alpha value is -4.76. The number of carbonyl (C=O) groups excluding carboxylic acids is 2. The van der Waals surface area contributed by atoms with Crippen molar-refractivity contribution in [2.75, 3.05) is 7.11 Å². The highest BCUT2D eigenvalue weighted by molar-refractivity contribution is 7.26. The number of hydrogen-bond acceptors (Lipinski definition) is 11. The van der Waals surface area contributed by atoms with Crippen LogP contribution in [0.25, 0.3) is 10.0 Å². The average molecular weight is 796 g/mol. The van der Waals surface area contributed by atoms with E-state index in [0.29, 0.717) is 33.2 Å². The van der Waals surface area contributed by atoms with Gasteiger partial charge in [-0.2, -0.15) is 0 Å². The third kappa shape index (κ3) is 6.24. The smallest absolute Gasteiger partial charge is 0.308 e. The van der Waals surface area contributed by atoms with Crippen LogP contribution in [0.15, 0.2) is 58.5 Å². The quantitative estimate of drug-likeness (QED) is 0.122. The van der Waals surface area contributed by atoms with Crippen LogP contribution in [0.1, 0.15) is 86.5 Å². The topological polar surface area (TPSA) is 130 Å². The Balaban J connectivity index is 1.21. The number of hydrogen-bond donors (Lipinski definition) is 0. The van der Waals surface area contributed by atoms with Crippen LogP contribution < -0.4 is 4.78 Å². The number of rotatable bonds is 8. The number of aliphatic imine (C=N–C) groups is 2. The third-order valence-corrected chi connectivity index (χ3v) is 12.9. The maximum atomic E-state index is 14.4. The van der Waals surface area contributed by atoms with E-state index in [1.165, 1.54) is 23.3 Å². The SMILES string of the molecule is COC(=O)CC1N=C(c2ccc(Cl)cc2)c2c(sc(BC(=O)CC3N=C(c4ccc(Cl)cc4)c4c(sc(C)c4C)-n4c(C)nnc43)c2C)-n2c(C)nnc21. The van der Waals surface area contributed by atoms with Gasteiger partial charge in [0.2, 0.25) is 0 Å². The predicted octanol–water partition coefficient (Wildman–Crippen LogP) is 6.85. The molecule has 0 amide bonds. The Morgan fingerprint density at radius 3 is 1.70 bits per heavy atom. The normalized spacial score (nSPS) is 15.9. The molecule has 0 radical (unpaired) electrons. The van der Waals surface area contributed by atoms with Crippen LogP contribution in [0, 0.1) is 34.6 Å². The first-order valence-electron chi connectivity index (χ1n) is 17.3. The lowest BCUT2D eigenvalue weighted by Crippen LogP contribution is -2.25. The molecule has 11 nitrogen and oxygen atoms in total. The summed E-state index contributed by atoms with van der Waals surface area (Å²) in [5.41, 5.74) is 7.10. The molecule has 54 heavy (non-hydrogen) atoms. The van der Waals surface area contributed by atoms with Gasteiger partial charge in [-0.25, -0.2) is 0 Å². The van der Waals surface area contributed by atoms with Crippen molar-refractivity contribution in [3.8, 4) is 10.0 Å². The molecule has 0 saturated carbocycles. The first-order valence-corrected chi connectivity index (χ1v) is 19.7. The van der Waals surface area contributed by atoms with Crippen molar-refractivity contribution in [1.29, 1.82) is 0 Å². The lowest BCUT2D eigenvalue weighted by atomic mass is 9.67. The summed E-state index contributed by atoms with van der Waals surface area (Å²) in [6.07, 6.45) is 0.0984. The van der Waals surface area contributed by atoms with E-state index in [-0.39, 0.29) is 25.8 Å². The van der Waals surface area contributed by atoms with Gasteiger partial charge in [0.1, 0.15) is 33.7 Å². The van der Waals surface area contributed by atoms with E-state index in [0.717, 1.165) is 59.7 Å². The zero-order chi connectivity index (χ0) is 38.0. The highest BCUT2D eigenvalue weighted by atomic mass is 35.5. The molecule has 0 N–H and O–H groups in total. The summed E-state index contributed by atoms with van der Waals surface area (Å²) < 4.78 is 9.92. The second-order valence-corrected chi connectivity index (χ2v) is 16.5. The van der Waals surface area contributed by atoms with E-state index in [1.54, 1.807) is 11.3 Å². The molecule has 2 aromatic carbocycles. The fraction of sp³-hybridized carbons (Fsp3) is 0.263. The molecule has 0 fully saturated rings. The highest BCUT2D eigenvalue weighted by Gasteiger charge is 2.36. The fourth-order valence-electron chi connectivity index (χ4n) is 7.08. The van der Waals surface area contributed by atoms with Crippen LogP contribution in [0.4, 0.5) is 0 Å². The Bertz CT molecular complexity index is 2550. The van der Waals surface area contributed by atoms with Crippen molar-refractivity contribution in [1.82, 2.24) is 29.5 Å². The molecule has 2 atom stereocenters. The molecule has 0 aliphatic carbocycles. The number of fused-ring (bicyclic) bond motifs is 6. The van der Waals surface area contributed by atoms with Gasteiger partial charge in [-0.05, 0) is 74.8 Å². The van der Waals surface area contributed by atoms with E-state index in [4.69, 9.17) is 37.9 Å². The van der Waals surface area contributed by atoms with Crippen molar-refractivity contribution in [3.05, 3.63) is 120 Å². The summed E-state index contributed by atoms with van der Waals surface area (Å²) in [5.74, 6) is 2.12. The number of nitrogens with zero attached hydrogens (tertiary/aromatic N) is 8. The molecule has 16 heteroatoms. The number of benzene rings is 2. The van der Waals surface area contributed by atoms with E-state index in [2.05, 4.69) is 38.8 Å². The summed E-state index contributed by atoms with van der Waals surface area (Å²) in [6.45, 7) is 10.0. The molecule has 8 rings (SSSR count). The molecule has 272 valence electrons. The Morgan fingerprint density at radius 2 is 1.19 bits per heavy atom. The van der Waals surface area contributed by atoms with E-state index in [1.807, 2.05) is 73.9 Å². The minimum absolute atomic E-state index is 0.00155. The van der Waals surface area contributed by atoms with Crippen molar-refractivity contribution >= 4 is 81.0 Å². The molecule has 2 aliphatic rings. The lowest BCUT2D eigenvalue weighted by molar-refractivity contribution is -0.141. The maximum absolute atomic E-state index is 14.4. The number of ether oxygens (including phenoxy) is 1. The van der Waals surface area contributed by atoms with E-state index in [9.17, 15) is 9.59 Å². The van der Waals surface area contributed by atoms with Crippen LogP contribution in [-0.4, -0.2) is 67.0 Å². The molecule has 0 spiro atoms. The zero-order valence-electron chi connectivity index (χ0n) is 30.3. The molecule has 6 heterocycles. The van der Waals surface area contributed by atoms with Crippen LogP contribution in [0.5, 0.6) is 0 Å². The summed E-state index contributed by atoms with van der Waals surface area (Å²) in [5, 5.41) is 20.9. The number of esters is 1. The minimum atomic E-state index is -0.646. The maximum Gasteiger partial charge on any atom is 0.308 e. The summed E-state index contributed by atoms with van der Waals surface area (Å²) in [6, 6.07) is 13.9. The molecule has 6 aromatic rings. The van der Waals surface area contributed by atoms with Gasteiger partial charge < -0.3 is 9.53 Å². The summed E-state index contributed by atoms with van der Waals surface area (Å²) in [4.78, 5) is 38.6. The molecule has 0 saturated heterocycles. The fourth-order valence-corrected chi connectivity index (χ4v) is 9.93. The third-order valence-electron chi connectivity index (χ3n) is 9.94. The van der Waals surface area contributed by atoms with Gasteiger partial charge in [-0.1, -0.05) is 47.5 Å². The van der Waals surface area contributed by atoms with Gasteiger partial charge in [0, 0.05) is 43.6 Å². The van der Waals surface area contributed by atoms with Gasteiger partial charge in [0.05, 0.1) is 30.6 Å². The standard InChI is InChI=1S/C38H33BCl2N8O3S2/c1-17-19(3)53-37-30(17)32(22-7-11-24(40)12-8-22)42-26(35-46-44-20(4)48(35)37)15-28(50)39-34-18(2)31-33(23-9-13-25(41)14-10-23)43-27(16-29(51)52-6)36-47-45-21(5)49(36)38(31)54-34/h7-14,26-27,39H,15-16H2,1-6H3. The molecule has 0 bridgehead atoms. The number of carbonyl (C=O) groups is 2. The second kappa shape index (κ2) is 14.1. The van der Waals surface area contributed by atoms with Crippen LogP contribution in [-0.2, 0) is 14.3 Å². The number of thiophene rings is 2. The number of methoxy groups -OCH3 is 1. The predicted molar refractivity (Wildman–Crippen MR) is 215 cm³/mol. The Kier molecular flexibility index (Phi) is 9.49. The van der Waals surface area contributed by atoms with E-state index >= 15 is 0 Å². The first kappa shape index (κ1) is 36.2. The van der Waals surface area contributed by atoms with Crippen LogP contribution in [0.2, 0.25) is 10.0 Å². The molecular weight excluding hydrogens is 762 g/mol. The molecule has 4 aromatic heterocycles. The Morgan fingerprint density at radius 1 is 0.704 bits per heavy atom. The van der Waals surface area contributed by atoms with Gasteiger partial charge in [0.25, 0.3) is 7.28 Å². The van der Waals surface area contributed by atoms with Crippen LogP contribution in [0.3, 0.4) is 0 Å². The lowest BCUT2D eigenvalue weighted by Gasteiger charge is -2.13.